The van der Waals surface area contributed by atoms with Crippen LogP contribution in [0.3, 0.4) is 0 Å². The Balaban J connectivity index is 1.58. The summed E-state index contributed by atoms with van der Waals surface area (Å²) in [5.74, 6) is 0.0895. The highest BCUT2D eigenvalue weighted by Gasteiger charge is 2.38. The molecule has 3 aromatic carbocycles. The van der Waals surface area contributed by atoms with Gasteiger partial charge in [0.15, 0.2) is 17.3 Å². The molecule has 2 heterocycles. The summed E-state index contributed by atoms with van der Waals surface area (Å²) in [6.07, 6.45) is 1.62. The molecule has 1 unspecified atom stereocenters. The summed E-state index contributed by atoms with van der Waals surface area (Å²) in [7, 11) is 1.45. The molecular weight excluding hydrogens is 412 g/mol. The third-order valence-electron chi connectivity index (χ3n) is 5.58. The van der Waals surface area contributed by atoms with E-state index >= 15 is 0 Å². The summed E-state index contributed by atoms with van der Waals surface area (Å²) in [4.78, 5) is 25.2. The number of esters is 1. The van der Waals surface area contributed by atoms with Gasteiger partial charge in [-0.05, 0) is 53.6 Å². The number of aromatic hydroxyl groups is 2. The lowest BCUT2D eigenvalue weighted by atomic mass is 9.84. The van der Waals surface area contributed by atoms with Crippen LogP contribution in [0, 0.1) is 0 Å². The Hall–Kier alpha value is -4.26. The van der Waals surface area contributed by atoms with Crippen LogP contribution in [0.1, 0.15) is 39.4 Å². The minimum absolute atomic E-state index is 0.0542. The molecule has 2 aliphatic rings. The predicted octanol–water partition coefficient (Wildman–Crippen LogP) is 4.16. The number of ether oxygens (including phenoxy) is 3. The van der Waals surface area contributed by atoms with Gasteiger partial charge in [0.25, 0.3) is 0 Å². The van der Waals surface area contributed by atoms with Crippen LogP contribution in [0.25, 0.3) is 6.08 Å². The summed E-state index contributed by atoms with van der Waals surface area (Å²) >= 11 is 0. The van der Waals surface area contributed by atoms with Crippen LogP contribution in [0.2, 0.25) is 0 Å². The molecule has 0 aromatic heterocycles. The van der Waals surface area contributed by atoms with Crippen molar-refractivity contribution in [2.75, 3.05) is 7.11 Å². The highest BCUT2D eigenvalue weighted by atomic mass is 16.5. The number of carbonyl (C=O) groups excluding carboxylic acids is 2. The third-order valence-corrected chi connectivity index (χ3v) is 5.58. The summed E-state index contributed by atoms with van der Waals surface area (Å²) in [5, 5.41) is 19.6. The standard InChI is InChI=1S/C25H18O7/c1-30-19-8-2-13(10-18(19)27)11-21-24(29)16-7-9-20-23(25(16)32-21)17(12-22(28)31-20)14-3-5-15(26)6-4-14/h2-11,17,26-27H,12H2,1H3. The zero-order valence-electron chi connectivity index (χ0n) is 17.0. The first-order chi connectivity index (χ1) is 15.4. The van der Waals surface area contributed by atoms with E-state index in [9.17, 15) is 19.8 Å². The molecule has 0 aliphatic carbocycles. The van der Waals surface area contributed by atoms with E-state index in [1.54, 1.807) is 48.5 Å². The molecule has 3 aromatic rings. The van der Waals surface area contributed by atoms with Crippen molar-refractivity contribution in [3.8, 4) is 28.7 Å². The van der Waals surface area contributed by atoms with Crippen molar-refractivity contribution >= 4 is 17.8 Å². The molecule has 1 atom stereocenters. The number of rotatable bonds is 3. The van der Waals surface area contributed by atoms with E-state index < -0.39 is 0 Å². The maximum Gasteiger partial charge on any atom is 0.312 e. The Bertz CT molecular complexity index is 1290. The molecule has 0 spiro atoms. The molecule has 0 bridgehead atoms. The summed E-state index contributed by atoms with van der Waals surface area (Å²) in [6.45, 7) is 0. The van der Waals surface area contributed by atoms with Crippen LogP contribution in [0.5, 0.6) is 28.7 Å². The van der Waals surface area contributed by atoms with Crippen molar-refractivity contribution in [1.29, 1.82) is 0 Å². The molecule has 0 fully saturated rings. The van der Waals surface area contributed by atoms with Crippen LogP contribution in [-0.2, 0) is 4.79 Å². The van der Waals surface area contributed by atoms with E-state index in [4.69, 9.17) is 14.2 Å². The summed E-state index contributed by atoms with van der Waals surface area (Å²) in [5.41, 5.74) is 2.34. The summed E-state index contributed by atoms with van der Waals surface area (Å²) in [6, 6.07) is 14.5. The fraction of sp³-hybridized carbons (Fsp3) is 0.120. The highest BCUT2D eigenvalue weighted by Crippen LogP contribution is 2.49. The van der Waals surface area contributed by atoms with Gasteiger partial charge in [-0.2, -0.15) is 0 Å². The van der Waals surface area contributed by atoms with Crippen LogP contribution < -0.4 is 14.2 Å². The molecule has 2 aliphatic heterocycles. The molecule has 0 saturated carbocycles. The molecule has 0 saturated heterocycles. The third kappa shape index (κ3) is 3.24. The predicted molar refractivity (Wildman–Crippen MR) is 114 cm³/mol. The monoisotopic (exact) mass is 430 g/mol. The maximum atomic E-state index is 13.0. The average molecular weight is 430 g/mol. The van der Waals surface area contributed by atoms with Crippen molar-refractivity contribution in [3.63, 3.8) is 0 Å². The zero-order chi connectivity index (χ0) is 22.4. The number of phenolic OH excluding ortho intramolecular Hbond substituents is 2. The Morgan fingerprint density at radius 1 is 1.00 bits per heavy atom. The Kier molecular flexibility index (Phi) is 4.59. The maximum absolute atomic E-state index is 13.0. The number of allylic oxidation sites excluding steroid dienone is 1. The number of Topliss-reactive ketones (excluding diaryl/α,β-unsaturated/α-hetero) is 1. The second-order valence-electron chi connectivity index (χ2n) is 7.55. The van der Waals surface area contributed by atoms with Gasteiger partial charge in [-0.25, -0.2) is 0 Å². The lowest BCUT2D eigenvalue weighted by Gasteiger charge is -2.26. The number of hydrogen-bond acceptors (Lipinski definition) is 7. The first-order valence-corrected chi connectivity index (χ1v) is 9.92. The molecule has 7 nitrogen and oxygen atoms in total. The highest BCUT2D eigenvalue weighted by molar-refractivity contribution is 6.15. The lowest BCUT2D eigenvalue weighted by molar-refractivity contribution is -0.135. The molecule has 160 valence electrons. The minimum atomic E-state index is -0.390. The van der Waals surface area contributed by atoms with E-state index in [2.05, 4.69) is 0 Å². The zero-order valence-corrected chi connectivity index (χ0v) is 17.0. The van der Waals surface area contributed by atoms with Crippen LogP contribution >= 0.6 is 0 Å². The second kappa shape index (κ2) is 7.46. The smallest absolute Gasteiger partial charge is 0.312 e. The molecule has 0 amide bonds. The quantitative estimate of drug-likeness (QED) is 0.365. The Morgan fingerprint density at radius 2 is 1.78 bits per heavy atom. The van der Waals surface area contributed by atoms with Crippen molar-refractivity contribution in [3.05, 3.63) is 82.6 Å². The fourth-order valence-corrected chi connectivity index (χ4v) is 4.05. The molecule has 5 rings (SSSR count). The first-order valence-electron chi connectivity index (χ1n) is 9.92. The lowest BCUT2D eigenvalue weighted by Crippen LogP contribution is -2.21. The van der Waals surface area contributed by atoms with Gasteiger partial charge < -0.3 is 24.4 Å². The van der Waals surface area contributed by atoms with E-state index in [0.717, 1.165) is 5.56 Å². The van der Waals surface area contributed by atoms with Gasteiger partial charge in [0.05, 0.1) is 19.1 Å². The van der Waals surface area contributed by atoms with Gasteiger partial charge in [0.2, 0.25) is 5.78 Å². The second-order valence-corrected chi connectivity index (χ2v) is 7.55. The van der Waals surface area contributed by atoms with Crippen LogP contribution in [-0.4, -0.2) is 29.1 Å². The van der Waals surface area contributed by atoms with Crippen molar-refractivity contribution in [2.45, 2.75) is 12.3 Å². The van der Waals surface area contributed by atoms with Gasteiger partial charge in [0.1, 0.15) is 17.2 Å². The number of ketones is 1. The fourth-order valence-electron chi connectivity index (χ4n) is 4.05. The van der Waals surface area contributed by atoms with E-state index in [-0.39, 0.29) is 41.3 Å². The van der Waals surface area contributed by atoms with E-state index in [1.807, 2.05) is 0 Å². The van der Waals surface area contributed by atoms with E-state index in [1.165, 1.54) is 19.3 Å². The Morgan fingerprint density at radius 3 is 2.50 bits per heavy atom. The molecular formula is C25H18O7. The first kappa shape index (κ1) is 19.7. The SMILES string of the molecule is COc1ccc(C=C2Oc3c(ccc4c3C(c3ccc(O)cc3)CC(=O)O4)C2=O)cc1O. The van der Waals surface area contributed by atoms with Crippen LogP contribution in [0.4, 0.5) is 0 Å². The topological polar surface area (TPSA) is 102 Å². The number of benzene rings is 3. The largest absolute Gasteiger partial charge is 0.508 e. The van der Waals surface area contributed by atoms with Crippen molar-refractivity contribution < 1.29 is 34.0 Å². The Labute approximate surface area is 183 Å². The van der Waals surface area contributed by atoms with Gasteiger partial charge >= 0.3 is 5.97 Å². The van der Waals surface area contributed by atoms with Gasteiger partial charge in [-0.3, -0.25) is 9.59 Å². The van der Waals surface area contributed by atoms with E-state index in [0.29, 0.717) is 33.9 Å². The van der Waals surface area contributed by atoms with Crippen LogP contribution in [0.15, 0.2) is 60.4 Å². The normalized spacial score (nSPS) is 18.0. The van der Waals surface area contributed by atoms with Gasteiger partial charge in [0, 0.05) is 11.5 Å². The molecule has 7 heteroatoms. The number of hydrogen-bond donors (Lipinski definition) is 2. The summed E-state index contributed by atoms with van der Waals surface area (Å²) < 4.78 is 16.5. The van der Waals surface area contributed by atoms with Crippen molar-refractivity contribution in [2.24, 2.45) is 0 Å². The van der Waals surface area contributed by atoms with Gasteiger partial charge in [-0.1, -0.05) is 18.2 Å². The number of methoxy groups -OCH3 is 1. The average Bonchev–Trinajstić information content (AvgIpc) is 3.09. The molecule has 2 N–H and O–H groups in total. The molecule has 0 radical (unpaired) electrons. The van der Waals surface area contributed by atoms with Crippen molar-refractivity contribution in [1.82, 2.24) is 0 Å². The number of phenols is 2. The minimum Gasteiger partial charge on any atom is -0.508 e. The number of fused-ring (bicyclic) bond motifs is 3. The molecule has 32 heavy (non-hydrogen) atoms. The van der Waals surface area contributed by atoms with Gasteiger partial charge in [-0.15, -0.1) is 0 Å². The number of carbonyl (C=O) groups is 2.